The summed E-state index contributed by atoms with van der Waals surface area (Å²) in [5, 5.41) is 8.39. The quantitative estimate of drug-likeness (QED) is 0.642. The molecule has 2 rings (SSSR count). The predicted molar refractivity (Wildman–Crippen MR) is 55.4 cm³/mol. The van der Waals surface area contributed by atoms with Crippen LogP contribution < -0.4 is 5.32 Å². The molecule has 1 aromatic rings. The first kappa shape index (κ1) is 10.6. The monoisotopic (exact) mass is 223 g/mol. The van der Waals surface area contributed by atoms with Crippen molar-refractivity contribution in [1.29, 1.82) is 0 Å². The number of carbonyl (C=O) groups is 2. The largest absolute Gasteiger partial charge is 0.334 e. The molecule has 16 heavy (non-hydrogen) atoms. The van der Waals surface area contributed by atoms with Gasteiger partial charge in [0.25, 0.3) is 0 Å². The molecule has 2 heterocycles. The molecular weight excluding hydrogens is 210 g/mol. The average Bonchev–Trinajstić information content (AvgIpc) is 2.82. The molecule has 1 aromatic heterocycles. The highest BCUT2D eigenvalue weighted by atomic mass is 16.2. The molecule has 2 amide bonds. The summed E-state index contributed by atoms with van der Waals surface area (Å²) in [5.41, 5.74) is 0. The van der Waals surface area contributed by atoms with E-state index in [0.717, 1.165) is 19.3 Å². The SMILES string of the molecule is O=C(Nc1ncn[nH]1)C(=O)N1CCCCC1. The van der Waals surface area contributed by atoms with Crippen LogP contribution in [0.5, 0.6) is 0 Å². The molecule has 0 bridgehead atoms. The number of hydrogen-bond donors (Lipinski definition) is 2. The Morgan fingerprint density at radius 3 is 2.69 bits per heavy atom. The Kier molecular flexibility index (Phi) is 3.13. The van der Waals surface area contributed by atoms with Crippen molar-refractivity contribution in [2.75, 3.05) is 18.4 Å². The van der Waals surface area contributed by atoms with Crippen LogP contribution in [0.25, 0.3) is 0 Å². The summed E-state index contributed by atoms with van der Waals surface area (Å²) >= 11 is 0. The topological polar surface area (TPSA) is 91.0 Å². The fraction of sp³-hybridized carbons (Fsp3) is 0.556. The number of rotatable bonds is 1. The Morgan fingerprint density at radius 1 is 1.31 bits per heavy atom. The Balaban J connectivity index is 1.91. The summed E-state index contributed by atoms with van der Waals surface area (Å²) in [6.07, 6.45) is 4.30. The molecule has 0 aliphatic carbocycles. The third kappa shape index (κ3) is 2.36. The van der Waals surface area contributed by atoms with Crippen molar-refractivity contribution in [3.63, 3.8) is 0 Å². The molecule has 2 N–H and O–H groups in total. The summed E-state index contributed by atoms with van der Waals surface area (Å²) in [7, 11) is 0. The highest BCUT2D eigenvalue weighted by Gasteiger charge is 2.23. The molecule has 0 unspecified atom stereocenters. The first-order chi connectivity index (χ1) is 7.77. The van der Waals surface area contributed by atoms with Crippen LogP contribution in [-0.2, 0) is 9.59 Å². The van der Waals surface area contributed by atoms with Gasteiger partial charge in [-0.2, -0.15) is 10.1 Å². The number of aromatic amines is 1. The second-order valence-corrected chi connectivity index (χ2v) is 3.64. The number of piperidine rings is 1. The number of hydrogen-bond acceptors (Lipinski definition) is 4. The van der Waals surface area contributed by atoms with Crippen LogP contribution in [-0.4, -0.2) is 45.0 Å². The number of H-pyrrole nitrogens is 1. The zero-order chi connectivity index (χ0) is 11.4. The van der Waals surface area contributed by atoms with Gasteiger partial charge in [-0.25, -0.2) is 5.10 Å². The van der Waals surface area contributed by atoms with Crippen LogP contribution in [0.1, 0.15) is 19.3 Å². The molecule has 1 aliphatic heterocycles. The zero-order valence-electron chi connectivity index (χ0n) is 8.77. The summed E-state index contributed by atoms with van der Waals surface area (Å²) < 4.78 is 0. The van der Waals surface area contributed by atoms with Crippen LogP contribution in [0.3, 0.4) is 0 Å². The zero-order valence-corrected chi connectivity index (χ0v) is 8.77. The minimum absolute atomic E-state index is 0.190. The van der Waals surface area contributed by atoms with Gasteiger partial charge in [-0.15, -0.1) is 0 Å². The van der Waals surface area contributed by atoms with Gasteiger partial charge in [0.1, 0.15) is 6.33 Å². The number of carbonyl (C=O) groups excluding carboxylic acids is 2. The van der Waals surface area contributed by atoms with Crippen molar-refractivity contribution in [2.24, 2.45) is 0 Å². The van der Waals surface area contributed by atoms with E-state index in [9.17, 15) is 9.59 Å². The summed E-state index contributed by atoms with van der Waals surface area (Å²) in [5.74, 6) is -0.981. The molecule has 7 heteroatoms. The van der Waals surface area contributed by atoms with Crippen LogP contribution in [0.15, 0.2) is 6.33 Å². The van der Waals surface area contributed by atoms with Gasteiger partial charge in [0.15, 0.2) is 0 Å². The third-order valence-corrected chi connectivity index (χ3v) is 2.48. The predicted octanol–water partition coefficient (Wildman–Crippen LogP) is -0.244. The molecule has 1 fully saturated rings. The van der Waals surface area contributed by atoms with Gasteiger partial charge in [0.05, 0.1) is 0 Å². The number of anilines is 1. The van der Waals surface area contributed by atoms with Gasteiger partial charge in [0.2, 0.25) is 5.95 Å². The van der Waals surface area contributed by atoms with Gasteiger partial charge in [0, 0.05) is 13.1 Å². The van der Waals surface area contributed by atoms with E-state index < -0.39 is 11.8 Å². The molecular formula is C9H13N5O2. The van der Waals surface area contributed by atoms with Crippen molar-refractivity contribution in [2.45, 2.75) is 19.3 Å². The molecule has 0 aromatic carbocycles. The van der Waals surface area contributed by atoms with Gasteiger partial charge in [-0.05, 0) is 19.3 Å². The van der Waals surface area contributed by atoms with E-state index in [1.807, 2.05) is 0 Å². The standard InChI is InChI=1S/C9H13N5O2/c15-7(12-9-10-6-11-13-9)8(16)14-4-2-1-3-5-14/h6H,1-5H2,(H2,10,11,12,13,15). The van der Waals surface area contributed by atoms with E-state index >= 15 is 0 Å². The third-order valence-electron chi connectivity index (χ3n) is 2.48. The van der Waals surface area contributed by atoms with Crippen molar-refractivity contribution in [1.82, 2.24) is 20.1 Å². The number of amides is 2. The lowest BCUT2D eigenvalue weighted by molar-refractivity contribution is -0.143. The Morgan fingerprint density at radius 2 is 2.06 bits per heavy atom. The Bertz CT molecular complexity index is 369. The second kappa shape index (κ2) is 4.73. The highest BCUT2D eigenvalue weighted by molar-refractivity contribution is 6.39. The minimum atomic E-state index is -0.668. The van der Waals surface area contributed by atoms with E-state index in [4.69, 9.17) is 0 Å². The molecule has 0 spiro atoms. The molecule has 1 saturated heterocycles. The fourth-order valence-corrected chi connectivity index (χ4v) is 1.67. The number of aromatic nitrogens is 3. The van der Waals surface area contributed by atoms with Crippen LogP contribution in [0.2, 0.25) is 0 Å². The van der Waals surface area contributed by atoms with Crippen LogP contribution >= 0.6 is 0 Å². The van der Waals surface area contributed by atoms with Crippen molar-refractivity contribution < 1.29 is 9.59 Å². The highest BCUT2D eigenvalue weighted by Crippen LogP contribution is 2.09. The first-order valence-electron chi connectivity index (χ1n) is 5.23. The molecule has 1 aliphatic rings. The van der Waals surface area contributed by atoms with Crippen molar-refractivity contribution in [3.8, 4) is 0 Å². The van der Waals surface area contributed by atoms with E-state index in [1.165, 1.54) is 6.33 Å². The maximum Gasteiger partial charge on any atom is 0.316 e. The fourth-order valence-electron chi connectivity index (χ4n) is 1.67. The van der Waals surface area contributed by atoms with Gasteiger partial charge >= 0.3 is 11.8 Å². The van der Waals surface area contributed by atoms with Gasteiger partial charge in [-0.1, -0.05) is 0 Å². The second-order valence-electron chi connectivity index (χ2n) is 3.64. The lowest BCUT2D eigenvalue weighted by Crippen LogP contribution is -2.42. The summed E-state index contributed by atoms with van der Waals surface area (Å²) in [6.45, 7) is 1.31. The number of likely N-dealkylation sites (tertiary alicyclic amines) is 1. The summed E-state index contributed by atoms with van der Waals surface area (Å²) in [6, 6.07) is 0. The maximum absolute atomic E-state index is 11.7. The number of nitrogens with zero attached hydrogens (tertiary/aromatic N) is 3. The smallest absolute Gasteiger partial charge is 0.316 e. The van der Waals surface area contributed by atoms with Gasteiger partial charge < -0.3 is 4.90 Å². The van der Waals surface area contributed by atoms with Crippen molar-refractivity contribution in [3.05, 3.63) is 6.33 Å². The van der Waals surface area contributed by atoms with Crippen LogP contribution in [0.4, 0.5) is 5.95 Å². The molecule has 7 nitrogen and oxygen atoms in total. The molecule has 0 radical (unpaired) electrons. The van der Waals surface area contributed by atoms with E-state index in [1.54, 1.807) is 4.90 Å². The number of nitrogens with one attached hydrogen (secondary N) is 2. The molecule has 0 saturated carbocycles. The summed E-state index contributed by atoms with van der Waals surface area (Å²) in [4.78, 5) is 28.5. The lowest BCUT2D eigenvalue weighted by Gasteiger charge is -2.25. The van der Waals surface area contributed by atoms with E-state index in [0.29, 0.717) is 13.1 Å². The Labute approximate surface area is 92.2 Å². The molecule has 0 atom stereocenters. The lowest BCUT2D eigenvalue weighted by atomic mass is 10.1. The molecule has 86 valence electrons. The van der Waals surface area contributed by atoms with Crippen molar-refractivity contribution >= 4 is 17.8 Å². The van der Waals surface area contributed by atoms with E-state index in [-0.39, 0.29) is 5.95 Å². The Hall–Kier alpha value is -1.92. The average molecular weight is 223 g/mol. The normalized spacial score (nSPS) is 15.9. The first-order valence-corrected chi connectivity index (χ1v) is 5.23. The maximum atomic E-state index is 11.7. The minimum Gasteiger partial charge on any atom is -0.334 e. The van der Waals surface area contributed by atoms with E-state index in [2.05, 4.69) is 20.5 Å². The van der Waals surface area contributed by atoms with Crippen LogP contribution in [0, 0.1) is 0 Å². The van der Waals surface area contributed by atoms with Gasteiger partial charge in [-0.3, -0.25) is 14.9 Å².